The number of nitrogens with zero attached hydrogens (tertiary/aromatic N) is 1. The third kappa shape index (κ3) is 4.60. The molecule has 0 spiro atoms. The lowest BCUT2D eigenvalue weighted by atomic mass is 10.0. The normalized spacial score (nSPS) is 17.8. The highest BCUT2D eigenvalue weighted by molar-refractivity contribution is 7.07. The molecule has 4 heteroatoms. The third-order valence-corrected chi connectivity index (χ3v) is 4.65. The van der Waals surface area contributed by atoms with Crippen molar-refractivity contribution in [2.24, 2.45) is 11.7 Å². The maximum atomic E-state index is 12.6. The maximum absolute atomic E-state index is 12.6. The lowest BCUT2D eigenvalue weighted by Gasteiger charge is -2.25. The molecule has 1 aliphatic rings. The molecule has 1 heterocycles. The Morgan fingerprint density at radius 2 is 2.20 bits per heavy atom. The van der Waals surface area contributed by atoms with Crippen LogP contribution in [0.1, 0.15) is 51.5 Å². The van der Waals surface area contributed by atoms with E-state index in [2.05, 4.69) is 28.7 Å². The minimum absolute atomic E-state index is 0.119. The van der Waals surface area contributed by atoms with Crippen molar-refractivity contribution >= 4 is 17.2 Å². The van der Waals surface area contributed by atoms with Crippen molar-refractivity contribution < 1.29 is 4.79 Å². The van der Waals surface area contributed by atoms with Crippen molar-refractivity contribution in [1.82, 2.24) is 4.90 Å². The van der Waals surface area contributed by atoms with Crippen molar-refractivity contribution in [3.63, 3.8) is 0 Å². The number of hydrogen-bond donors (Lipinski definition) is 1. The monoisotopic (exact) mass is 294 g/mol. The molecule has 0 aliphatic heterocycles. The van der Waals surface area contributed by atoms with Crippen molar-refractivity contribution in [3.8, 4) is 0 Å². The van der Waals surface area contributed by atoms with Crippen molar-refractivity contribution in [1.29, 1.82) is 0 Å². The van der Waals surface area contributed by atoms with Gasteiger partial charge in [-0.05, 0) is 55.0 Å². The van der Waals surface area contributed by atoms with Crippen LogP contribution in [0.3, 0.4) is 0 Å². The summed E-state index contributed by atoms with van der Waals surface area (Å²) in [5.74, 6) is 0.441. The van der Waals surface area contributed by atoms with Gasteiger partial charge >= 0.3 is 0 Å². The number of carbonyl (C=O) groups excluding carboxylic acids is 1. The number of carbonyl (C=O) groups is 1. The molecule has 3 nitrogen and oxygen atoms in total. The van der Waals surface area contributed by atoms with Crippen LogP contribution < -0.4 is 5.73 Å². The molecular formula is C16H26N2OS. The minimum Gasteiger partial charge on any atom is -0.335 e. The van der Waals surface area contributed by atoms with E-state index in [0.29, 0.717) is 11.9 Å². The summed E-state index contributed by atoms with van der Waals surface area (Å²) >= 11 is 1.70. The van der Waals surface area contributed by atoms with E-state index in [4.69, 9.17) is 5.73 Å². The van der Waals surface area contributed by atoms with Crippen LogP contribution in [0.15, 0.2) is 16.8 Å². The maximum Gasteiger partial charge on any atom is 0.225 e. The molecule has 0 saturated heterocycles. The number of thiophene rings is 1. The van der Waals surface area contributed by atoms with E-state index in [1.54, 1.807) is 11.3 Å². The fourth-order valence-corrected chi connectivity index (χ4v) is 3.16. The zero-order valence-corrected chi connectivity index (χ0v) is 13.4. The second kappa shape index (κ2) is 7.23. The first-order valence-electron chi connectivity index (χ1n) is 7.65. The van der Waals surface area contributed by atoms with E-state index >= 15 is 0 Å². The van der Waals surface area contributed by atoms with Gasteiger partial charge in [-0.25, -0.2) is 0 Å². The predicted octanol–water partition coefficient (Wildman–Crippen LogP) is 3.39. The SMILES string of the molecule is CC(N)CCCC(C)C(=O)N(Cc1ccsc1)C1CC1. The van der Waals surface area contributed by atoms with E-state index in [9.17, 15) is 4.79 Å². The summed E-state index contributed by atoms with van der Waals surface area (Å²) in [4.78, 5) is 14.7. The van der Waals surface area contributed by atoms with E-state index in [-0.39, 0.29) is 12.0 Å². The highest BCUT2D eigenvalue weighted by Gasteiger charge is 2.34. The highest BCUT2D eigenvalue weighted by Crippen LogP contribution is 2.30. The fourth-order valence-electron chi connectivity index (χ4n) is 2.51. The predicted molar refractivity (Wildman–Crippen MR) is 84.6 cm³/mol. The number of nitrogens with two attached hydrogens (primary N) is 1. The number of rotatable bonds is 8. The molecule has 1 amide bonds. The molecule has 0 bridgehead atoms. The molecule has 2 unspecified atom stereocenters. The van der Waals surface area contributed by atoms with Gasteiger partial charge in [0.15, 0.2) is 0 Å². The van der Waals surface area contributed by atoms with Crippen LogP contribution >= 0.6 is 11.3 Å². The summed E-state index contributed by atoms with van der Waals surface area (Å²) in [5.41, 5.74) is 7.03. The molecule has 1 aromatic heterocycles. The third-order valence-electron chi connectivity index (χ3n) is 3.92. The van der Waals surface area contributed by atoms with E-state index in [0.717, 1.165) is 25.8 Å². The molecule has 2 atom stereocenters. The van der Waals surface area contributed by atoms with Gasteiger partial charge in [0.1, 0.15) is 0 Å². The van der Waals surface area contributed by atoms with E-state index in [1.807, 2.05) is 6.92 Å². The zero-order valence-electron chi connectivity index (χ0n) is 12.5. The summed E-state index contributed by atoms with van der Waals surface area (Å²) in [6.07, 6.45) is 5.34. The summed E-state index contributed by atoms with van der Waals surface area (Å²) < 4.78 is 0. The second-order valence-electron chi connectivity index (χ2n) is 6.14. The summed E-state index contributed by atoms with van der Waals surface area (Å²) in [5, 5.41) is 4.22. The summed E-state index contributed by atoms with van der Waals surface area (Å²) in [7, 11) is 0. The molecule has 112 valence electrons. The van der Waals surface area contributed by atoms with Crippen LogP contribution in [-0.4, -0.2) is 22.9 Å². The second-order valence-corrected chi connectivity index (χ2v) is 6.92. The Balaban J connectivity index is 1.86. The van der Waals surface area contributed by atoms with E-state index in [1.165, 1.54) is 18.4 Å². The Morgan fingerprint density at radius 1 is 1.45 bits per heavy atom. The van der Waals surface area contributed by atoms with Gasteiger partial charge < -0.3 is 10.6 Å². The molecule has 1 aromatic rings. The Hall–Kier alpha value is -0.870. The van der Waals surface area contributed by atoms with Crippen LogP contribution in [0, 0.1) is 5.92 Å². The van der Waals surface area contributed by atoms with Gasteiger partial charge in [-0.15, -0.1) is 0 Å². The van der Waals surface area contributed by atoms with Crippen LogP contribution in [0.5, 0.6) is 0 Å². The Kier molecular flexibility index (Phi) is 5.61. The molecule has 2 N–H and O–H groups in total. The molecule has 1 aliphatic carbocycles. The van der Waals surface area contributed by atoms with Gasteiger partial charge in [-0.1, -0.05) is 13.3 Å². The Labute approximate surface area is 126 Å². The first-order valence-corrected chi connectivity index (χ1v) is 8.59. The highest BCUT2D eigenvalue weighted by atomic mass is 32.1. The standard InChI is InChI=1S/C16H26N2OS/c1-12(4-3-5-13(2)17)16(19)18(15-6-7-15)10-14-8-9-20-11-14/h8-9,11-13,15H,3-7,10,17H2,1-2H3. The summed E-state index contributed by atoms with van der Waals surface area (Å²) in [6, 6.07) is 2.84. The van der Waals surface area contributed by atoms with Gasteiger partial charge in [-0.2, -0.15) is 11.3 Å². The van der Waals surface area contributed by atoms with Gasteiger partial charge in [0.05, 0.1) is 0 Å². The zero-order chi connectivity index (χ0) is 14.5. The Bertz CT molecular complexity index is 412. The van der Waals surface area contributed by atoms with Crippen LogP contribution in [0.4, 0.5) is 0 Å². The van der Waals surface area contributed by atoms with Gasteiger partial charge in [0.2, 0.25) is 5.91 Å². The average molecular weight is 294 g/mol. The molecule has 2 rings (SSSR count). The van der Waals surface area contributed by atoms with Gasteiger partial charge in [-0.3, -0.25) is 4.79 Å². The smallest absolute Gasteiger partial charge is 0.225 e. The van der Waals surface area contributed by atoms with Crippen LogP contribution in [0.2, 0.25) is 0 Å². The largest absolute Gasteiger partial charge is 0.335 e. The quantitative estimate of drug-likeness (QED) is 0.799. The van der Waals surface area contributed by atoms with Crippen molar-refractivity contribution in [2.75, 3.05) is 0 Å². The average Bonchev–Trinajstić information content (AvgIpc) is 3.11. The summed E-state index contributed by atoms with van der Waals surface area (Å²) in [6.45, 7) is 4.87. The number of amides is 1. The molecule has 0 aromatic carbocycles. The Morgan fingerprint density at radius 3 is 2.75 bits per heavy atom. The fraction of sp³-hybridized carbons (Fsp3) is 0.688. The van der Waals surface area contributed by atoms with Crippen molar-refractivity contribution in [2.45, 2.75) is 64.6 Å². The molecule has 0 radical (unpaired) electrons. The van der Waals surface area contributed by atoms with Gasteiger partial charge in [0, 0.05) is 24.5 Å². The lowest BCUT2D eigenvalue weighted by molar-refractivity contribution is -0.136. The molecule has 1 saturated carbocycles. The minimum atomic E-state index is 0.119. The first-order chi connectivity index (χ1) is 9.58. The van der Waals surface area contributed by atoms with E-state index < -0.39 is 0 Å². The van der Waals surface area contributed by atoms with Crippen LogP contribution in [0.25, 0.3) is 0 Å². The molecule has 20 heavy (non-hydrogen) atoms. The van der Waals surface area contributed by atoms with Crippen molar-refractivity contribution in [3.05, 3.63) is 22.4 Å². The molecular weight excluding hydrogens is 268 g/mol. The van der Waals surface area contributed by atoms with Crippen LogP contribution in [-0.2, 0) is 11.3 Å². The number of hydrogen-bond acceptors (Lipinski definition) is 3. The van der Waals surface area contributed by atoms with Gasteiger partial charge in [0.25, 0.3) is 0 Å². The lowest BCUT2D eigenvalue weighted by Crippen LogP contribution is -2.36. The topological polar surface area (TPSA) is 46.3 Å². The molecule has 1 fully saturated rings. The first kappa shape index (κ1) is 15.5.